The van der Waals surface area contributed by atoms with Crippen molar-refractivity contribution in [3.05, 3.63) is 107 Å². The molecule has 0 spiro atoms. The molecule has 0 saturated carbocycles. The Morgan fingerprint density at radius 2 is 1.54 bits per heavy atom. The zero-order valence-electron chi connectivity index (χ0n) is 29.2. The van der Waals surface area contributed by atoms with Gasteiger partial charge in [-0.05, 0) is 74.0 Å². The summed E-state index contributed by atoms with van der Waals surface area (Å²) >= 11 is 6.12. The summed E-state index contributed by atoms with van der Waals surface area (Å²) in [5, 5.41) is 12.1. The number of piperazine rings is 1. The van der Waals surface area contributed by atoms with Crippen LogP contribution in [0, 0.1) is 0 Å². The Bertz CT molecular complexity index is 2150. The van der Waals surface area contributed by atoms with E-state index in [1.54, 1.807) is 42.2 Å². The monoisotopic (exact) mass is 748 g/mol. The highest BCUT2D eigenvalue weighted by molar-refractivity contribution is 7.91. The summed E-state index contributed by atoms with van der Waals surface area (Å²) in [6.45, 7) is 7.71. The Kier molecular flexibility index (Phi) is 10.1. The van der Waals surface area contributed by atoms with E-state index >= 15 is 0 Å². The Labute approximate surface area is 307 Å². The van der Waals surface area contributed by atoms with Crippen molar-refractivity contribution in [2.45, 2.75) is 43.4 Å². The average Bonchev–Trinajstić information content (AvgIpc) is 3.90. The van der Waals surface area contributed by atoms with Gasteiger partial charge in [0.15, 0.2) is 0 Å². The van der Waals surface area contributed by atoms with Crippen molar-refractivity contribution in [1.82, 2.24) is 29.1 Å². The molecule has 3 aromatic carbocycles. The summed E-state index contributed by atoms with van der Waals surface area (Å²) < 4.78 is 49.8. The summed E-state index contributed by atoms with van der Waals surface area (Å²) in [6.07, 6.45) is 3.22. The maximum absolute atomic E-state index is 13.4. The van der Waals surface area contributed by atoms with E-state index in [2.05, 4.69) is 37.2 Å². The van der Waals surface area contributed by atoms with Gasteiger partial charge in [-0.15, -0.1) is 10.2 Å². The van der Waals surface area contributed by atoms with E-state index < -0.39 is 27.5 Å². The molecule has 0 amide bonds. The Morgan fingerprint density at radius 3 is 2.13 bits per heavy atom. The fraction of sp³-hybridized carbons (Fsp3) is 0.389. The van der Waals surface area contributed by atoms with Crippen molar-refractivity contribution in [1.29, 1.82) is 0 Å². The van der Waals surface area contributed by atoms with Gasteiger partial charge in [-0.1, -0.05) is 30.7 Å². The molecule has 52 heavy (non-hydrogen) atoms. The maximum atomic E-state index is 13.4. The lowest BCUT2D eigenvalue weighted by Gasteiger charge is -2.37. The number of halogens is 1. The first-order valence-electron chi connectivity index (χ1n) is 17.2. The molecule has 0 N–H and O–H groups in total. The summed E-state index contributed by atoms with van der Waals surface area (Å²) in [7, 11) is -2.38. The fourth-order valence-electron chi connectivity index (χ4n) is 6.49. The Balaban J connectivity index is 0.937. The zero-order valence-corrected chi connectivity index (χ0v) is 30.8. The normalized spacial score (nSPS) is 20.0. The van der Waals surface area contributed by atoms with Crippen LogP contribution in [0.4, 0.5) is 11.4 Å². The predicted octanol–water partition coefficient (Wildman–Crippen LogP) is 4.23. The lowest BCUT2D eigenvalue weighted by Crippen LogP contribution is -2.46. The second kappa shape index (κ2) is 14.7. The van der Waals surface area contributed by atoms with Gasteiger partial charge in [-0.25, -0.2) is 22.5 Å². The first-order chi connectivity index (χ1) is 25.0. The van der Waals surface area contributed by atoms with Gasteiger partial charge in [-0.2, -0.15) is 5.10 Å². The van der Waals surface area contributed by atoms with E-state index in [1.807, 2.05) is 50.2 Å². The highest BCUT2D eigenvalue weighted by atomic mass is 35.5. The van der Waals surface area contributed by atoms with Gasteiger partial charge in [0.1, 0.15) is 36.9 Å². The van der Waals surface area contributed by atoms with Crippen LogP contribution in [0.2, 0.25) is 5.02 Å². The molecule has 0 bridgehead atoms. The molecule has 14 nitrogen and oxygen atoms in total. The molecule has 3 atom stereocenters. The summed E-state index contributed by atoms with van der Waals surface area (Å²) in [6, 6.07) is 22.7. The van der Waals surface area contributed by atoms with Crippen molar-refractivity contribution in [2.75, 3.05) is 54.9 Å². The Morgan fingerprint density at radius 1 is 0.923 bits per heavy atom. The second-order valence-electron chi connectivity index (χ2n) is 13.1. The highest BCUT2D eigenvalue weighted by Crippen LogP contribution is 2.38. The number of anilines is 2. The summed E-state index contributed by atoms with van der Waals surface area (Å²) in [4.78, 5) is 17.5. The van der Waals surface area contributed by atoms with Crippen molar-refractivity contribution in [3.63, 3.8) is 0 Å². The third-order valence-corrected chi connectivity index (χ3v) is 11.5. The zero-order chi connectivity index (χ0) is 36.5. The van der Waals surface area contributed by atoms with Crippen LogP contribution in [0.1, 0.15) is 31.9 Å². The largest absolute Gasteiger partial charge is 0.491 e. The molecule has 1 unspecified atom stereocenters. The fourth-order valence-corrected chi connectivity index (χ4v) is 8.22. The van der Waals surface area contributed by atoms with E-state index in [9.17, 15) is 13.2 Å². The number of aromatic nitrogens is 6. The third kappa shape index (κ3) is 7.31. The van der Waals surface area contributed by atoms with Gasteiger partial charge in [-0.3, -0.25) is 0 Å². The van der Waals surface area contributed by atoms with Crippen LogP contribution in [0.3, 0.4) is 0 Å². The number of aryl methyl sites for hydroxylation is 1. The predicted molar refractivity (Wildman–Crippen MR) is 196 cm³/mol. The van der Waals surface area contributed by atoms with Crippen LogP contribution in [-0.4, -0.2) is 88.8 Å². The number of ether oxygens (including phenoxy) is 3. The van der Waals surface area contributed by atoms with E-state index in [0.29, 0.717) is 16.3 Å². The molecule has 0 radical (unpaired) electrons. The molecular formula is C36H41ClN8O6S. The summed E-state index contributed by atoms with van der Waals surface area (Å²) in [5.74, 6) is -1.41. The molecular weight excluding hydrogens is 708 g/mol. The number of hydrogen-bond donors (Lipinski definition) is 0. The van der Waals surface area contributed by atoms with Gasteiger partial charge >= 0.3 is 5.69 Å². The molecule has 2 fully saturated rings. The van der Waals surface area contributed by atoms with Crippen LogP contribution in [-0.2, 0) is 32.1 Å². The minimum Gasteiger partial charge on any atom is -0.491 e. The molecule has 0 aliphatic carbocycles. The molecule has 2 aliphatic heterocycles. The summed E-state index contributed by atoms with van der Waals surface area (Å²) in [5.41, 5.74) is 3.39. The third-order valence-electron chi connectivity index (χ3n) is 9.58. The minimum absolute atomic E-state index is 0.0501. The van der Waals surface area contributed by atoms with Crippen LogP contribution >= 0.6 is 11.6 Å². The highest BCUT2D eigenvalue weighted by Gasteiger charge is 2.48. The quantitative estimate of drug-likeness (QED) is 0.181. The van der Waals surface area contributed by atoms with E-state index in [4.69, 9.17) is 25.8 Å². The van der Waals surface area contributed by atoms with Crippen LogP contribution in [0.15, 0.2) is 95.4 Å². The van der Waals surface area contributed by atoms with E-state index in [-0.39, 0.29) is 30.1 Å². The van der Waals surface area contributed by atoms with Crippen LogP contribution in [0.5, 0.6) is 5.75 Å². The molecule has 16 heteroatoms. The first kappa shape index (κ1) is 35.7. The van der Waals surface area contributed by atoms with Gasteiger partial charge in [0, 0.05) is 55.2 Å². The van der Waals surface area contributed by atoms with Gasteiger partial charge < -0.3 is 28.6 Å². The number of nitrogens with zero attached hydrogens (tertiary/aromatic N) is 8. The Hall–Kier alpha value is -4.70. The second-order valence-corrected chi connectivity index (χ2v) is 15.4. The lowest BCUT2D eigenvalue weighted by atomic mass is 10.1. The molecule has 2 aliphatic rings. The minimum atomic E-state index is -3.95. The van der Waals surface area contributed by atoms with Crippen molar-refractivity contribution in [2.24, 2.45) is 7.05 Å². The molecule has 2 saturated heterocycles. The maximum Gasteiger partial charge on any atom is 0.350 e. The van der Waals surface area contributed by atoms with E-state index in [0.717, 1.165) is 49.7 Å². The number of rotatable bonds is 12. The molecule has 4 heterocycles. The number of benzene rings is 3. The van der Waals surface area contributed by atoms with Crippen LogP contribution < -0.4 is 20.2 Å². The van der Waals surface area contributed by atoms with Gasteiger partial charge in [0.2, 0.25) is 20.8 Å². The molecule has 5 aromatic rings. The van der Waals surface area contributed by atoms with Gasteiger partial charge in [0.25, 0.3) is 0 Å². The molecule has 274 valence electrons. The van der Waals surface area contributed by atoms with E-state index in [1.165, 1.54) is 15.6 Å². The first-order valence-corrected chi connectivity index (χ1v) is 19.2. The van der Waals surface area contributed by atoms with Gasteiger partial charge in [0.05, 0.1) is 18.3 Å². The number of hydrogen-bond acceptors (Lipinski definition) is 11. The topological polar surface area (TPSA) is 139 Å². The number of sulfone groups is 1. The smallest absolute Gasteiger partial charge is 0.350 e. The standard InChI is InChI=1S/C36H41ClN8O6S/c1-4-26(2)45-35(46)44(25-39-45)31-11-9-29(10-12-31)42-17-19-43(20-18-42)30-13-15-32(16-14-30)49-21-33-22-50-36(51-33,27-5-7-28(37)8-6-27)23-52(47,48)34-40-38-24-41(34)3/h5-16,24-26,33H,4,17-23H2,1-3H3/t26?,33-,36-/m0/s1. The SMILES string of the molecule is CCC(C)n1ncn(-c2ccc(N3CCN(c4ccc(OC[C@H]5CO[C@](CS(=O)(=O)c6nncn6C)(c6ccc(Cl)cc6)O5)cc4)CC3)cc2)c1=O. The average molecular weight is 749 g/mol. The lowest BCUT2D eigenvalue weighted by molar-refractivity contribution is -0.161. The van der Waals surface area contributed by atoms with Crippen LogP contribution in [0.25, 0.3) is 5.69 Å². The van der Waals surface area contributed by atoms with Crippen molar-refractivity contribution < 1.29 is 22.6 Å². The molecule has 2 aromatic heterocycles. The van der Waals surface area contributed by atoms with Crippen molar-refractivity contribution >= 4 is 32.8 Å². The van der Waals surface area contributed by atoms with Crippen molar-refractivity contribution in [3.8, 4) is 11.4 Å². The molecule has 7 rings (SSSR count).